The molecular weight excluding hydrogens is 266 g/mol. The highest BCUT2D eigenvalue weighted by atomic mass is 79.9. The Kier molecular flexibility index (Phi) is 2.87. The molecule has 1 aromatic carbocycles. The van der Waals surface area contributed by atoms with E-state index in [-0.39, 0.29) is 17.3 Å². The molecule has 0 radical (unpaired) electrons. The monoisotopic (exact) mass is 274 g/mol. The lowest BCUT2D eigenvalue weighted by molar-refractivity contribution is 0.0854. The lowest BCUT2D eigenvalue weighted by Crippen LogP contribution is -2.22. The van der Waals surface area contributed by atoms with Gasteiger partial charge in [-0.1, -0.05) is 6.42 Å². The van der Waals surface area contributed by atoms with Crippen molar-refractivity contribution in [2.45, 2.75) is 19.3 Å². The van der Waals surface area contributed by atoms with E-state index in [1.54, 1.807) is 0 Å². The molecule has 0 bridgehead atoms. The molecule has 0 N–H and O–H groups in total. The molecule has 1 aliphatic rings. The summed E-state index contributed by atoms with van der Waals surface area (Å²) >= 11 is 3.08. The summed E-state index contributed by atoms with van der Waals surface area (Å²) in [7, 11) is 0. The Labute approximate surface area is 94.6 Å². The van der Waals surface area contributed by atoms with Crippen LogP contribution >= 0.6 is 15.9 Å². The highest BCUT2D eigenvalue weighted by molar-refractivity contribution is 9.10. The molecule has 1 aromatic rings. The van der Waals surface area contributed by atoms with Crippen molar-refractivity contribution in [1.82, 2.24) is 0 Å². The Morgan fingerprint density at radius 3 is 2.40 bits per heavy atom. The van der Waals surface area contributed by atoms with E-state index < -0.39 is 11.6 Å². The maximum Gasteiger partial charge on any atom is 0.167 e. The van der Waals surface area contributed by atoms with Gasteiger partial charge in [0.15, 0.2) is 17.4 Å². The second-order valence-corrected chi connectivity index (χ2v) is 4.59. The minimum absolute atomic E-state index is 0.00818. The number of carbonyl (C=O) groups excluding carboxylic acids is 1. The lowest BCUT2D eigenvalue weighted by Gasteiger charge is -2.24. The Morgan fingerprint density at radius 1 is 1.27 bits per heavy atom. The van der Waals surface area contributed by atoms with Crippen LogP contribution in [0.15, 0.2) is 16.6 Å². The van der Waals surface area contributed by atoms with Gasteiger partial charge in [-0.05, 0) is 40.9 Å². The van der Waals surface area contributed by atoms with Crippen LogP contribution in [-0.2, 0) is 0 Å². The molecule has 0 spiro atoms. The summed E-state index contributed by atoms with van der Waals surface area (Å²) in [6.07, 6.45) is 2.74. The molecule has 1 saturated carbocycles. The summed E-state index contributed by atoms with van der Waals surface area (Å²) in [5.41, 5.74) is 0.249. The van der Waals surface area contributed by atoms with Crippen LogP contribution in [-0.4, -0.2) is 5.78 Å². The third-order valence-electron chi connectivity index (χ3n) is 2.75. The van der Waals surface area contributed by atoms with Crippen molar-refractivity contribution in [1.29, 1.82) is 0 Å². The first-order valence-electron chi connectivity index (χ1n) is 4.78. The van der Waals surface area contributed by atoms with Crippen LogP contribution in [0.25, 0.3) is 0 Å². The number of hydrogen-bond donors (Lipinski definition) is 0. The van der Waals surface area contributed by atoms with E-state index in [0.717, 1.165) is 31.4 Å². The number of Topliss-reactive ketones (excluding diaryl/α,β-unsaturated/α-hetero) is 1. The predicted molar refractivity (Wildman–Crippen MR) is 55.7 cm³/mol. The highest BCUT2D eigenvalue weighted by Crippen LogP contribution is 2.32. The molecular formula is C11H9BrF2O. The van der Waals surface area contributed by atoms with E-state index in [9.17, 15) is 13.6 Å². The number of hydrogen-bond acceptors (Lipinski definition) is 1. The van der Waals surface area contributed by atoms with E-state index in [1.807, 2.05) is 0 Å². The smallest absolute Gasteiger partial charge is 0.167 e. The van der Waals surface area contributed by atoms with Crippen LogP contribution in [0.1, 0.15) is 29.6 Å². The van der Waals surface area contributed by atoms with Gasteiger partial charge in [-0.15, -0.1) is 0 Å². The molecule has 0 amide bonds. The van der Waals surface area contributed by atoms with Crippen molar-refractivity contribution >= 4 is 21.7 Å². The molecule has 15 heavy (non-hydrogen) atoms. The third-order valence-corrected chi connectivity index (χ3v) is 3.41. The number of halogens is 3. The van der Waals surface area contributed by atoms with E-state index in [1.165, 1.54) is 0 Å². The van der Waals surface area contributed by atoms with E-state index in [4.69, 9.17) is 0 Å². The largest absolute Gasteiger partial charge is 0.294 e. The number of carbonyl (C=O) groups is 1. The number of benzene rings is 1. The predicted octanol–water partition coefficient (Wildman–Crippen LogP) is 3.71. The first kappa shape index (κ1) is 10.7. The molecule has 0 heterocycles. The van der Waals surface area contributed by atoms with E-state index >= 15 is 0 Å². The van der Waals surface area contributed by atoms with Gasteiger partial charge in [0.1, 0.15) is 0 Å². The Bertz CT molecular complexity index is 413. The van der Waals surface area contributed by atoms with Crippen molar-refractivity contribution in [2.24, 2.45) is 5.92 Å². The van der Waals surface area contributed by atoms with Crippen molar-refractivity contribution in [2.75, 3.05) is 0 Å². The van der Waals surface area contributed by atoms with Gasteiger partial charge in [0.25, 0.3) is 0 Å². The summed E-state index contributed by atoms with van der Waals surface area (Å²) in [6.45, 7) is 0. The normalized spacial score (nSPS) is 16.2. The first-order chi connectivity index (χ1) is 7.09. The Morgan fingerprint density at radius 2 is 1.87 bits per heavy atom. The van der Waals surface area contributed by atoms with Crippen LogP contribution in [0.3, 0.4) is 0 Å². The molecule has 0 unspecified atom stereocenters. The van der Waals surface area contributed by atoms with Gasteiger partial charge in [0.2, 0.25) is 0 Å². The molecule has 0 atom stereocenters. The molecule has 0 aromatic heterocycles. The molecule has 80 valence electrons. The minimum Gasteiger partial charge on any atom is -0.294 e. The lowest BCUT2D eigenvalue weighted by atomic mass is 9.80. The fraction of sp³-hybridized carbons (Fsp3) is 0.364. The Balaban J connectivity index is 2.34. The average Bonchev–Trinajstić information content (AvgIpc) is 2.08. The van der Waals surface area contributed by atoms with Crippen molar-refractivity contribution in [3.05, 3.63) is 33.8 Å². The number of rotatable bonds is 2. The molecule has 1 fully saturated rings. The summed E-state index contributed by atoms with van der Waals surface area (Å²) < 4.78 is 26.1. The maximum absolute atomic E-state index is 13.0. The van der Waals surface area contributed by atoms with Crippen LogP contribution < -0.4 is 0 Å². The van der Waals surface area contributed by atoms with Crippen molar-refractivity contribution in [3.8, 4) is 0 Å². The summed E-state index contributed by atoms with van der Waals surface area (Å²) in [4.78, 5) is 11.8. The molecule has 1 nitrogen and oxygen atoms in total. The van der Waals surface area contributed by atoms with Gasteiger partial charge < -0.3 is 0 Å². The van der Waals surface area contributed by atoms with E-state index in [0.29, 0.717) is 4.47 Å². The fourth-order valence-corrected chi connectivity index (χ4v) is 2.11. The maximum atomic E-state index is 13.0. The topological polar surface area (TPSA) is 17.1 Å². The number of ketones is 1. The van der Waals surface area contributed by atoms with Crippen molar-refractivity contribution < 1.29 is 13.6 Å². The van der Waals surface area contributed by atoms with Crippen LogP contribution in [0.5, 0.6) is 0 Å². The first-order valence-corrected chi connectivity index (χ1v) is 5.57. The van der Waals surface area contributed by atoms with E-state index in [2.05, 4.69) is 15.9 Å². The average molecular weight is 275 g/mol. The Hall–Kier alpha value is -0.770. The quantitative estimate of drug-likeness (QED) is 0.594. The SMILES string of the molecule is O=C(c1cc(F)c(F)cc1Br)C1CCC1. The van der Waals surface area contributed by atoms with Crippen LogP contribution in [0.4, 0.5) is 8.78 Å². The third kappa shape index (κ3) is 1.95. The standard InChI is InChI=1S/C11H9BrF2O/c12-8-5-10(14)9(13)4-7(8)11(15)6-2-1-3-6/h4-6H,1-3H2. The molecule has 1 aliphatic carbocycles. The summed E-state index contributed by atoms with van der Waals surface area (Å²) in [6, 6.07) is 1.97. The summed E-state index contributed by atoms with van der Waals surface area (Å²) in [5, 5.41) is 0. The van der Waals surface area contributed by atoms with Gasteiger partial charge in [0.05, 0.1) is 0 Å². The van der Waals surface area contributed by atoms with Crippen molar-refractivity contribution in [3.63, 3.8) is 0 Å². The molecule has 2 rings (SSSR count). The van der Waals surface area contributed by atoms with Gasteiger partial charge in [-0.2, -0.15) is 0 Å². The van der Waals surface area contributed by atoms with Crippen LogP contribution in [0.2, 0.25) is 0 Å². The zero-order valence-electron chi connectivity index (χ0n) is 7.90. The molecule has 4 heteroatoms. The zero-order valence-corrected chi connectivity index (χ0v) is 9.48. The van der Waals surface area contributed by atoms with Gasteiger partial charge >= 0.3 is 0 Å². The zero-order chi connectivity index (χ0) is 11.0. The van der Waals surface area contributed by atoms with Gasteiger partial charge in [0, 0.05) is 16.0 Å². The molecule has 0 saturated heterocycles. The van der Waals surface area contributed by atoms with Crippen LogP contribution in [0, 0.1) is 17.6 Å². The minimum atomic E-state index is -0.971. The highest BCUT2D eigenvalue weighted by Gasteiger charge is 2.28. The second-order valence-electron chi connectivity index (χ2n) is 3.74. The van der Waals surface area contributed by atoms with Gasteiger partial charge in [-0.3, -0.25) is 4.79 Å². The second kappa shape index (κ2) is 4.00. The van der Waals surface area contributed by atoms with Gasteiger partial charge in [-0.25, -0.2) is 8.78 Å². The fourth-order valence-electron chi connectivity index (χ4n) is 1.60. The molecule has 0 aliphatic heterocycles. The summed E-state index contributed by atoms with van der Waals surface area (Å²) in [5.74, 6) is -2.01.